The van der Waals surface area contributed by atoms with Crippen LogP contribution in [0.4, 0.5) is 11.5 Å². The number of nitrogens with two attached hydrogens (primary N) is 1. The maximum Gasteiger partial charge on any atom is 0.234 e. The van der Waals surface area contributed by atoms with Gasteiger partial charge >= 0.3 is 0 Å². The summed E-state index contributed by atoms with van der Waals surface area (Å²) >= 11 is 1.40. The van der Waals surface area contributed by atoms with E-state index < -0.39 is 10.0 Å². The van der Waals surface area contributed by atoms with E-state index in [-0.39, 0.29) is 11.6 Å². The van der Waals surface area contributed by atoms with Gasteiger partial charge in [-0.2, -0.15) is 0 Å². The number of para-hydroxylation sites is 1. The molecular weight excluding hydrogens is 286 g/mol. The summed E-state index contributed by atoms with van der Waals surface area (Å²) in [5.74, 6) is 0.560. The van der Waals surface area contributed by atoms with Gasteiger partial charge in [0, 0.05) is 22.4 Å². The van der Waals surface area contributed by atoms with Crippen LogP contribution in [0.1, 0.15) is 0 Å². The number of nitrogen functional groups attached to an aromatic ring is 1. The summed E-state index contributed by atoms with van der Waals surface area (Å²) in [4.78, 5) is 0.874. The fourth-order valence-electron chi connectivity index (χ4n) is 1.35. The second kappa shape index (κ2) is 5.98. The van der Waals surface area contributed by atoms with Gasteiger partial charge in [0.1, 0.15) is 6.26 Å². The van der Waals surface area contributed by atoms with Gasteiger partial charge in [0.15, 0.2) is 5.82 Å². The Morgan fingerprint density at radius 1 is 1.32 bits per heavy atom. The van der Waals surface area contributed by atoms with Gasteiger partial charge in [-0.25, -0.2) is 8.42 Å². The minimum absolute atomic E-state index is 0.0289. The van der Waals surface area contributed by atoms with Crippen molar-refractivity contribution in [3.63, 3.8) is 0 Å². The predicted octanol–water partition coefficient (Wildman–Crippen LogP) is 1.79. The van der Waals surface area contributed by atoms with Crippen LogP contribution in [0, 0.1) is 0 Å². The monoisotopic (exact) mass is 299 g/mol. The minimum atomic E-state index is -3.42. The molecule has 0 unspecified atom stereocenters. The average molecular weight is 299 g/mol. The summed E-state index contributed by atoms with van der Waals surface area (Å²) in [6.07, 6.45) is 1.30. The van der Waals surface area contributed by atoms with E-state index in [4.69, 9.17) is 5.73 Å². The van der Waals surface area contributed by atoms with Crippen LogP contribution < -0.4 is 10.5 Å². The molecule has 6 nitrogen and oxygen atoms in total. The van der Waals surface area contributed by atoms with Gasteiger partial charge in [0.05, 0.1) is 5.75 Å². The number of hydrogen-bond acceptors (Lipinski definition) is 6. The third-order valence-electron chi connectivity index (χ3n) is 2.23. The second-order valence-corrected chi connectivity index (χ2v) is 6.67. The smallest absolute Gasteiger partial charge is 0.234 e. The molecule has 0 saturated heterocycles. The number of rotatable bonds is 6. The zero-order chi connectivity index (χ0) is 13.7. The van der Waals surface area contributed by atoms with Crippen molar-refractivity contribution >= 4 is 33.3 Å². The van der Waals surface area contributed by atoms with Crippen molar-refractivity contribution in [2.75, 3.05) is 22.0 Å². The van der Waals surface area contributed by atoms with Crippen LogP contribution in [0.25, 0.3) is 0 Å². The first-order valence-electron chi connectivity index (χ1n) is 5.45. The van der Waals surface area contributed by atoms with Crippen molar-refractivity contribution in [2.24, 2.45) is 0 Å². The van der Waals surface area contributed by atoms with Gasteiger partial charge in [-0.1, -0.05) is 17.3 Å². The lowest BCUT2D eigenvalue weighted by atomic mass is 10.3. The number of anilines is 2. The van der Waals surface area contributed by atoms with Crippen molar-refractivity contribution in [1.29, 1.82) is 0 Å². The minimum Gasteiger partial charge on any atom is -0.398 e. The molecule has 0 radical (unpaired) electrons. The van der Waals surface area contributed by atoms with E-state index in [1.807, 2.05) is 18.2 Å². The highest BCUT2D eigenvalue weighted by molar-refractivity contribution is 8.01. The maximum atomic E-state index is 11.7. The van der Waals surface area contributed by atoms with E-state index in [1.54, 1.807) is 6.07 Å². The number of aromatic nitrogens is 1. The van der Waals surface area contributed by atoms with Gasteiger partial charge in [-0.3, -0.25) is 4.72 Å². The molecule has 2 aromatic rings. The van der Waals surface area contributed by atoms with E-state index in [2.05, 4.69) is 14.4 Å². The molecule has 0 aliphatic rings. The molecular formula is C11H13N3O3S2. The fraction of sp³-hybridized carbons (Fsp3) is 0.182. The molecule has 1 aromatic carbocycles. The predicted molar refractivity (Wildman–Crippen MR) is 75.5 cm³/mol. The summed E-state index contributed by atoms with van der Waals surface area (Å²) in [6, 6.07) is 8.78. The van der Waals surface area contributed by atoms with E-state index in [0.717, 1.165) is 4.90 Å². The van der Waals surface area contributed by atoms with E-state index in [0.29, 0.717) is 11.4 Å². The SMILES string of the molecule is Nc1ccccc1SCCS(=O)(=O)Nc1ccon1. The van der Waals surface area contributed by atoms with E-state index >= 15 is 0 Å². The Labute approximate surface area is 115 Å². The van der Waals surface area contributed by atoms with Crippen molar-refractivity contribution < 1.29 is 12.9 Å². The first kappa shape index (κ1) is 13.8. The molecule has 0 saturated carbocycles. The van der Waals surface area contributed by atoms with Crippen LogP contribution in [-0.2, 0) is 10.0 Å². The molecule has 0 aliphatic heterocycles. The Kier molecular flexibility index (Phi) is 4.33. The van der Waals surface area contributed by atoms with E-state index in [1.165, 1.54) is 24.1 Å². The molecule has 0 atom stereocenters. The Morgan fingerprint density at radius 2 is 2.11 bits per heavy atom. The van der Waals surface area contributed by atoms with Crippen molar-refractivity contribution in [3.05, 3.63) is 36.6 Å². The quantitative estimate of drug-likeness (QED) is 0.623. The number of benzene rings is 1. The Morgan fingerprint density at radius 3 is 2.79 bits per heavy atom. The van der Waals surface area contributed by atoms with E-state index in [9.17, 15) is 8.42 Å². The summed E-state index contributed by atoms with van der Waals surface area (Å²) in [5, 5.41) is 3.49. The molecule has 0 aliphatic carbocycles. The maximum absolute atomic E-state index is 11.7. The van der Waals surface area contributed by atoms with Crippen LogP contribution in [0.5, 0.6) is 0 Å². The second-order valence-electron chi connectivity index (χ2n) is 3.69. The summed E-state index contributed by atoms with van der Waals surface area (Å²) < 4.78 is 30.3. The third kappa shape index (κ3) is 4.18. The number of nitrogens with one attached hydrogen (secondary N) is 1. The summed E-state index contributed by atoms with van der Waals surface area (Å²) in [7, 11) is -3.42. The fourth-order valence-corrected chi connectivity index (χ4v) is 3.72. The van der Waals surface area contributed by atoms with Crippen LogP contribution in [0.3, 0.4) is 0 Å². The highest BCUT2D eigenvalue weighted by Crippen LogP contribution is 2.24. The van der Waals surface area contributed by atoms with Gasteiger partial charge in [-0.05, 0) is 12.1 Å². The lowest BCUT2D eigenvalue weighted by molar-refractivity contribution is 0.423. The molecule has 0 bridgehead atoms. The highest BCUT2D eigenvalue weighted by atomic mass is 32.2. The van der Waals surface area contributed by atoms with Crippen LogP contribution in [-0.4, -0.2) is 25.1 Å². The Bertz CT molecular complexity index is 626. The average Bonchev–Trinajstić information content (AvgIpc) is 2.83. The molecule has 2 rings (SSSR count). The van der Waals surface area contributed by atoms with Crippen LogP contribution >= 0.6 is 11.8 Å². The lowest BCUT2D eigenvalue weighted by Gasteiger charge is -2.06. The van der Waals surface area contributed by atoms with Gasteiger partial charge in [-0.15, -0.1) is 11.8 Å². The van der Waals surface area contributed by atoms with Gasteiger partial charge in [0.2, 0.25) is 10.0 Å². The third-order valence-corrected chi connectivity index (χ3v) is 4.84. The van der Waals surface area contributed by atoms with Gasteiger partial charge in [0.25, 0.3) is 0 Å². The number of hydrogen-bond donors (Lipinski definition) is 2. The standard InChI is InChI=1S/C11H13N3O3S2/c12-9-3-1-2-4-10(9)18-7-8-19(15,16)14-11-5-6-17-13-11/h1-6H,7-8,12H2,(H,13,14). The van der Waals surface area contributed by atoms with Crippen LogP contribution in [0.2, 0.25) is 0 Å². The number of nitrogens with zero attached hydrogens (tertiary/aromatic N) is 1. The van der Waals surface area contributed by atoms with Crippen molar-refractivity contribution in [2.45, 2.75) is 4.90 Å². The largest absolute Gasteiger partial charge is 0.398 e. The Balaban J connectivity index is 1.87. The zero-order valence-electron chi connectivity index (χ0n) is 9.94. The first-order valence-corrected chi connectivity index (χ1v) is 8.09. The lowest BCUT2D eigenvalue weighted by Crippen LogP contribution is -2.18. The topological polar surface area (TPSA) is 98.2 Å². The highest BCUT2D eigenvalue weighted by Gasteiger charge is 2.12. The van der Waals surface area contributed by atoms with Gasteiger partial charge < -0.3 is 10.3 Å². The molecule has 102 valence electrons. The molecule has 19 heavy (non-hydrogen) atoms. The molecule has 1 aromatic heterocycles. The summed E-state index contributed by atoms with van der Waals surface area (Å²) in [6.45, 7) is 0. The zero-order valence-corrected chi connectivity index (χ0v) is 11.6. The molecule has 0 spiro atoms. The number of thioether (sulfide) groups is 1. The molecule has 8 heteroatoms. The Hall–Kier alpha value is -1.67. The van der Waals surface area contributed by atoms with Crippen LogP contribution in [0.15, 0.2) is 46.0 Å². The molecule has 0 amide bonds. The van der Waals surface area contributed by atoms with Crippen molar-refractivity contribution in [3.8, 4) is 0 Å². The van der Waals surface area contributed by atoms with Crippen molar-refractivity contribution in [1.82, 2.24) is 5.16 Å². The molecule has 1 heterocycles. The first-order chi connectivity index (χ1) is 9.07. The molecule has 3 N–H and O–H groups in total. The normalized spacial score (nSPS) is 11.4. The number of sulfonamides is 1. The molecule has 0 fully saturated rings. The summed E-state index contributed by atoms with van der Waals surface area (Å²) in [5.41, 5.74) is 6.42.